The Balaban J connectivity index is 1.64. The van der Waals surface area contributed by atoms with Crippen molar-refractivity contribution in [3.63, 3.8) is 0 Å². The Morgan fingerprint density at radius 3 is 2.26 bits per heavy atom. The molecule has 0 aromatic heterocycles. The van der Waals surface area contributed by atoms with Crippen LogP contribution in [0.1, 0.15) is 5.56 Å². The number of hydrogen-bond acceptors (Lipinski definition) is 3. The zero-order chi connectivity index (χ0) is 19.4. The number of carbonyl (C=O) groups is 1. The third kappa shape index (κ3) is 4.40. The summed E-state index contributed by atoms with van der Waals surface area (Å²) in [6.07, 6.45) is 3.14. The Hall–Kier alpha value is -2.58. The van der Waals surface area contributed by atoms with Crippen LogP contribution in [0.3, 0.4) is 0 Å². The molecular formula is C19H18F2N2O3S. The van der Waals surface area contributed by atoms with Crippen LogP contribution in [0.15, 0.2) is 59.5 Å². The highest BCUT2D eigenvalue weighted by Crippen LogP contribution is 2.21. The van der Waals surface area contributed by atoms with E-state index in [2.05, 4.69) is 0 Å². The molecule has 0 atom stereocenters. The Morgan fingerprint density at radius 2 is 1.63 bits per heavy atom. The van der Waals surface area contributed by atoms with Gasteiger partial charge in [0.25, 0.3) is 0 Å². The zero-order valence-corrected chi connectivity index (χ0v) is 15.2. The molecule has 1 aliphatic heterocycles. The van der Waals surface area contributed by atoms with Crippen LogP contribution in [-0.2, 0) is 14.8 Å². The van der Waals surface area contributed by atoms with E-state index in [1.807, 2.05) is 30.3 Å². The highest BCUT2D eigenvalue weighted by atomic mass is 32.2. The molecule has 1 heterocycles. The van der Waals surface area contributed by atoms with Gasteiger partial charge in [-0.3, -0.25) is 4.79 Å². The number of hydrogen-bond donors (Lipinski definition) is 0. The van der Waals surface area contributed by atoms with E-state index in [9.17, 15) is 22.0 Å². The van der Waals surface area contributed by atoms with E-state index >= 15 is 0 Å². The van der Waals surface area contributed by atoms with Gasteiger partial charge in [-0.1, -0.05) is 30.3 Å². The molecule has 0 bridgehead atoms. The van der Waals surface area contributed by atoms with Crippen molar-refractivity contribution in [3.8, 4) is 0 Å². The maximum Gasteiger partial charge on any atom is 0.246 e. The van der Waals surface area contributed by atoms with E-state index in [0.29, 0.717) is 6.07 Å². The molecule has 0 unspecified atom stereocenters. The van der Waals surface area contributed by atoms with E-state index in [1.165, 1.54) is 11.0 Å². The van der Waals surface area contributed by atoms with Crippen molar-refractivity contribution in [2.45, 2.75) is 4.90 Å². The molecule has 0 N–H and O–H groups in total. The number of carbonyl (C=O) groups excluding carboxylic acids is 1. The molecule has 27 heavy (non-hydrogen) atoms. The molecule has 1 saturated heterocycles. The maximum atomic E-state index is 13.8. The lowest BCUT2D eigenvalue weighted by molar-refractivity contribution is -0.127. The van der Waals surface area contributed by atoms with Gasteiger partial charge in [0.05, 0.1) is 0 Å². The van der Waals surface area contributed by atoms with Gasteiger partial charge in [0.2, 0.25) is 15.9 Å². The molecule has 0 radical (unpaired) electrons. The van der Waals surface area contributed by atoms with Crippen LogP contribution < -0.4 is 0 Å². The highest BCUT2D eigenvalue weighted by molar-refractivity contribution is 7.89. The van der Waals surface area contributed by atoms with Crippen LogP contribution >= 0.6 is 0 Å². The first-order valence-corrected chi connectivity index (χ1v) is 9.79. The number of halogens is 2. The molecule has 0 saturated carbocycles. The summed E-state index contributed by atoms with van der Waals surface area (Å²) in [5, 5.41) is 0. The first kappa shape index (κ1) is 19.2. The molecular weight excluding hydrogens is 374 g/mol. The summed E-state index contributed by atoms with van der Waals surface area (Å²) >= 11 is 0. The molecule has 142 valence electrons. The summed E-state index contributed by atoms with van der Waals surface area (Å²) in [6, 6.07) is 11.7. The summed E-state index contributed by atoms with van der Waals surface area (Å²) < 4.78 is 53.1. The minimum atomic E-state index is -4.08. The molecule has 0 aliphatic carbocycles. The number of sulfonamides is 1. The van der Waals surface area contributed by atoms with E-state index in [1.54, 1.807) is 6.08 Å². The predicted octanol–water partition coefficient (Wildman–Crippen LogP) is 2.51. The lowest BCUT2D eigenvalue weighted by Gasteiger charge is -2.33. The second-order valence-electron chi connectivity index (χ2n) is 6.05. The number of piperazine rings is 1. The predicted molar refractivity (Wildman–Crippen MR) is 97.2 cm³/mol. The largest absolute Gasteiger partial charge is 0.337 e. The maximum absolute atomic E-state index is 13.8. The van der Waals surface area contributed by atoms with Crippen LogP contribution in [0.4, 0.5) is 8.78 Å². The van der Waals surface area contributed by atoms with Crippen molar-refractivity contribution < 1.29 is 22.0 Å². The Bertz CT molecular complexity index is 954. The monoisotopic (exact) mass is 392 g/mol. The SMILES string of the molecule is O=C(/C=C\c1ccccc1)N1CCN(S(=O)(=O)c2ccc(F)cc2F)CC1. The van der Waals surface area contributed by atoms with Gasteiger partial charge in [-0.05, 0) is 23.8 Å². The average Bonchev–Trinajstić information content (AvgIpc) is 2.66. The fraction of sp³-hybridized carbons (Fsp3) is 0.211. The number of amides is 1. The number of benzene rings is 2. The second-order valence-corrected chi connectivity index (χ2v) is 7.95. The summed E-state index contributed by atoms with van der Waals surface area (Å²) in [7, 11) is -4.08. The van der Waals surface area contributed by atoms with Gasteiger partial charge in [-0.25, -0.2) is 17.2 Å². The second kappa shape index (κ2) is 7.98. The summed E-state index contributed by atoms with van der Waals surface area (Å²) in [5.74, 6) is -2.18. The van der Waals surface area contributed by atoms with Crippen LogP contribution in [0, 0.1) is 11.6 Å². The van der Waals surface area contributed by atoms with Crippen molar-refractivity contribution in [1.29, 1.82) is 0 Å². The number of nitrogens with zero attached hydrogens (tertiary/aromatic N) is 2. The lowest BCUT2D eigenvalue weighted by Crippen LogP contribution is -2.50. The molecule has 2 aromatic rings. The minimum absolute atomic E-state index is 0.0457. The molecule has 8 heteroatoms. The molecule has 1 aliphatic rings. The van der Waals surface area contributed by atoms with Crippen molar-refractivity contribution in [2.75, 3.05) is 26.2 Å². The van der Waals surface area contributed by atoms with E-state index in [-0.39, 0.29) is 32.1 Å². The van der Waals surface area contributed by atoms with Gasteiger partial charge in [-0.15, -0.1) is 0 Å². The quantitative estimate of drug-likeness (QED) is 0.752. The molecule has 3 rings (SSSR count). The van der Waals surface area contributed by atoms with Gasteiger partial charge in [0.15, 0.2) is 0 Å². The van der Waals surface area contributed by atoms with Crippen molar-refractivity contribution >= 4 is 22.0 Å². The minimum Gasteiger partial charge on any atom is -0.337 e. The Labute approximate surface area is 156 Å². The Kier molecular flexibility index (Phi) is 5.67. The number of rotatable bonds is 4. The van der Waals surface area contributed by atoms with Gasteiger partial charge >= 0.3 is 0 Å². The summed E-state index contributed by atoms with van der Waals surface area (Å²) in [6.45, 7) is 0.480. The topological polar surface area (TPSA) is 57.7 Å². The van der Waals surface area contributed by atoms with Crippen molar-refractivity contribution in [2.24, 2.45) is 0 Å². The molecule has 1 amide bonds. The van der Waals surface area contributed by atoms with E-state index < -0.39 is 26.6 Å². The summed E-state index contributed by atoms with van der Waals surface area (Å²) in [5.41, 5.74) is 0.888. The third-order valence-electron chi connectivity index (χ3n) is 4.28. The molecule has 1 fully saturated rings. The van der Waals surface area contributed by atoms with Gasteiger partial charge in [0.1, 0.15) is 16.5 Å². The first-order valence-electron chi connectivity index (χ1n) is 8.35. The zero-order valence-electron chi connectivity index (χ0n) is 14.4. The molecule has 2 aromatic carbocycles. The van der Waals surface area contributed by atoms with Crippen LogP contribution in [0.5, 0.6) is 0 Å². The van der Waals surface area contributed by atoms with Gasteiger partial charge in [-0.2, -0.15) is 4.31 Å². The fourth-order valence-corrected chi connectivity index (χ4v) is 4.28. The van der Waals surface area contributed by atoms with Crippen LogP contribution in [0.2, 0.25) is 0 Å². The summed E-state index contributed by atoms with van der Waals surface area (Å²) in [4.78, 5) is 13.2. The Morgan fingerprint density at radius 1 is 0.963 bits per heavy atom. The highest BCUT2D eigenvalue weighted by Gasteiger charge is 2.31. The third-order valence-corrected chi connectivity index (χ3v) is 6.21. The smallest absolute Gasteiger partial charge is 0.246 e. The van der Waals surface area contributed by atoms with Crippen LogP contribution in [-0.4, -0.2) is 49.7 Å². The van der Waals surface area contributed by atoms with E-state index in [0.717, 1.165) is 22.0 Å². The first-order chi connectivity index (χ1) is 12.9. The van der Waals surface area contributed by atoms with Gasteiger partial charge in [0, 0.05) is 38.3 Å². The standard InChI is InChI=1S/C19H18F2N2O3S/c20-16-7-8-18(17(21)14-16)27(25,26)23-12-10-22(11-13-23)19(24)9-6-15-4-2-1-3-5-15/h1-9,14H,10-13H2/b9-6-. The molecule has 5 nitrogen and oxygen atoms in total. The fourth-order valence-electron chi connectivity index (χ4n) is 2.81. The molecule has 0 spiro atoms. The van der Waals surface area contributed by atoms with Gasteiger partial charge < -0.3 is 4.90 Å². The van der Waals surface area contributed by atoms with Crippen molar-refractivity contribution in [3.05, 3.63) is 71.8 Å². The van der Waals surface area contributed by atoms with Crippen molar-refractivity contribution in [1.82, 2.24) is 9.21 Å². The van der Waals surface area contributed by atoms with Crippen LogP contribution in [0.25, 0.3) is 6.08 Å². The normalized spacial score (nSPS) is 16.0. The average molecular weight is 392 g/mol. The van der Waals surface area contributed by atoms with E-state index in [4.69, 9.17) is 0 Å². The lowest BCUT2D eigenvalue weighted by atomic mass is 10.2.